The van der Waals surface area contributed by atoms with Crippen LogP contribution in [0.4, 0.5) is 17.1 Å². The Morgan fingerprint density at radius 3 is 2.46 bits per heavy atom. The van der Waals surface area contributed by atoms with Crippen LogP contribution in [0.5, 0.6) is 11.5 Å². The molecule has 0 spiro atoms. The molecule has 1 amide bonds. The monoisotopic (exact) mass is 386 g/mol. The molecule has 0 unspecified atom stereocenters. The normalized spacial score (nSPS) is 11.7. The number of benzene rings is 2. The van der Waals surface area contributed by atoms with Crippen molar-refractivity contribution in [2.24, 2.45) is 10.2 Å². The molecule has 0 aliphatic heterocycles. The van der Waals surface area contributed by atoms with Crippen LogP contribution in [0.25, 0.3) is 0 Å². The number of azo groups is 1. The summed E-state index contributed by atoms with van der Waals surface area (Å²) >= 11 is 0. The molecule has 0 saturated heterocycles. The summed E-state index contributed by atoms with van der Waals surface area (Å²) in [7, 11) is 2.81. The minimum absolute atomic E-state index is 0.109. The van der Waals surface area contributed by atoms with Gasteiger partial charge in [-0.1, -0.05) is 12.1 Å². The highest BCUT2D eigenvalue weighted by molar-refractivity contribution is 6.10. The van der Waals surface area contributed by atoms with Crippen LogP contribution in [0.1, 0.15) is 6.92 Å². The summed E-state index contributed by atoms with van der Waals surface area (Å²) in [5.74, 6) is -0.646. The van der Waals surface area contributed by atoms with E-state index in [2.05, 4.69) is 15.5 Å². The van der Waals surface area contributed by atoms with Crippen molar-refractivity contribution in [3.63, 3.8) is 0 Å². The lowest BCUT2D eigenvalue weighted by Gasteiger charge is -2.12. The number of Topliss-reactive ketones (excluding diaryl/α,β-unsaturated/α-hetero) is 1. The molecule has 0 radical (unpaired) electrons. The van der Waals surface area contributed by atoms with Gasteiger partial charge in [0, 0.05) is 0 Å². The fraction of sp³-hybridized carbons (Fsp3) is 0.222. The van der Waals surface area contributed by atoms with Gasteiger partial charge >= 0.3 is 0 Å². The smallest absolute Gasteiger partial charge is 0.300 e. The fourth-order valence-electron chi connectivity index (χ4n) is 2.25. The molecule has 10 nitrogen and oxygen atoms in total. The van der Waals surface area contributed by atoms with E-state index in [9.17, 15) is 19.7 Å². The van der Waals surface area contributed by atoms with E-state index in [4.69, 9.17) is 9.47 Å². The summed E-state index contributed by atoms with van der Waals surface area (Å²) in [6.07, 6.45) is 0. The average Bonchev–Trinajstić information content (AvgIpc) is 2.68. The molecule has 28 heavy (non-hydrogen) atoms. The third kappa shape index (κ3) is 4.87. The van der Waals surface area contributed by atoms with Gasteiger partial charge in [-0.15, -0.1) is 5.11 Å². The van der Waals surface area contributed by atoms with E-state index in [1.807, 2.05) is 0 Å². The van der Waals surface area contributed by atoms with Gasteiger partial charge in [0.2, 0.25) is 6.04 Å². The maximum absolute atomic E-state index is 12.5. The predicted octanol–water partition coefficient (Wildman–Crippen LogP) is 3.29. The van der Waals surface area contributed by atoms with Gasteiger partial charge in [-0.25, -0.2) is 0 Å². The molecule has 0 aliphatic rings. The van der Waals surface area contributed by atoms with Gasteiger partial charge in [0.15, 0.2) is 11.5 Å². The largest absolute Gasteiger partial charge is 0.496 e. The van der Waals surface area contributed by atoms with Crippen LogP contribution in [0, 0.1) is 10.1 Å². The van der Waals surface area contributed by atoms with Crippen LogP contribution in [0.2, 0.25) is 0 Å². The van der Waals surface area contributed by atoms with E-state index in [1.165, 1.54) is 39.3 Å². The quantitative estimate of drug-likeness (QED) is 0.320. The molecule has 146 valence electrons. The molecular formula is C18H18N4O6. The molecular weight excluding hydrogens is 368 g/mol. The van der Waals surface area contributed by atoms with E-state index >= 15 is 0 Å². The molecule has 0 aromatic heterocycles. The summed E-state index contributed by atoms with van der Waals surface area (Å²) in [6, 6.07) is 9.11. The molecule has 0 heterocycles. The van der Waals surface area contributed by atoms with E-state index in [-0.39, 0.29) is 17.1 Å². The van der Waals surface area contributed by atoms with E-state index in [0.29, 0.717) is 11.4 Å². The van der Waals surface area contributed by atoms with Crippen molar-refractivity contribution in [3.8, 4) is 11.5 Å². The number of hydrogen-bond acceptors (Lipinski definition) is 8. The standard InChI is InChI=1S/C18H18N4O6/c1-11(23)17(18(24)19-14-6-4-5-7-16(14)28-3)21-20-13-9-8-12(27-2)10-15(13)22(25)26/h4-10,17H,1-3H3,(H,19,24)/t17-/m1/s1. The number of rotatable bonds is 8. The minimum atomic E-state index is -1.48. The zero-order chi connectivity index (χ0) is 20.7. The first-order valence-electron chi connectivity index (χ1n) is 8.05. The lowest BCUT2D eigenvalue weighted by Crippen LogP contribution is -2.31. The van der Waals surface area contributed by atoms with Crippen molar-refractivity contribution in [2.45, 2.75) is 13.0 Å². The topological polar surface area (TPSA) is 132 Å². The molecule has 0 bridgehead atoms. The van der Waals surface area contributed by atoms with Crippen molar-refractivity contribution in [3.05, 3.63) is 52.6 Å². The van der Waals surface area contributed by atoms with Gasteiger partial charge < -0.3 is 14.8 Å². The van der Waals surface area contributed by atoms with Crippen molar-refractivity contribution < 1.29 is 24.0 Å². The molecule has 2 aromatic rings. The van der Waals surface area contributed by atoms with Crippen LogP contribution in [-0.2, 0) is 9.59 Å². The number of nitro benzene ring substituents is 1. The zero-order valence-corrected chi connectivity index (χ0v) is 15.4. The number of methoxy groups -OCH3 is 2. The number of anilines is 1. The van der Waals surface area contributed by atoms with E-state index in [1.54, 1.807) is 24.3 Å². The highest BCUT2D eigenvalue weighted by atomic mass is 16.6. The summed E-state index contributed by atoms with van der Waals surface area (Å²) in [4.78, 5) is 34.9. The first kappa shape index (κ1) is 20.5. The maximum Gasteiger partial charge on any atom is 0.300 e. The predicted molar refractivity (Wildman–Crippen MR) is 100 cm³/mol. The lowest BCUT2D eigenvalue weighted by atomic mass is 10.2. The number of para-hydroxylation sites is 2. The summed E-state index contributed by atoms with van der Waals surface area (Å²) in [5, 5.41) is 21.2. The third-order valence-electron chi connectivity index (χ3n) is 3.66. The van der Waals surface area contributed by atoms with Crippen LogP contribution >= 0.6 is 0 Å². The van der Waals surface area contributed by atoms with Crippen LogP contribution < -0.4 is 14.8 Å². The number of carbonyl (C=O) groups excluding carboxylic acids is 2. The maximum atomic E-state index is 12.5. The Hall–Kier alpha value is -3.82. The summed E-state index contributed by atoms with van der Waals surface area (Å²) < 4.78 is 10.1. The van der Waals surface area contributed by atoms with Gasteiger partial charge in [0.25, 0.3) is 11.6 Å². The Morgan fingerprint density at radius 1 is 1.14 bits per heavy atom. The Morgan fingerprint density at radius 2 is 1.86 bits per heavy atom. The second-order valence-corrected chi connectivity index (χ2v) is 5.53. The molecule has 0 aliphatic carbocycles. The van der Waals surface area contributed by atoms with Gasteiger partial charge in [0.05, 0.1) is 30.9 Å². The molecule has 2 rings (SSSR count). The van der Waals surface area contributed by atoms with Gasteiger partial charge in [-0.05, 0) is 31.2 Å². The molecule has 2 aromatic carbocycles. The van der Waals surface area contributed by atoms with Crippen LogP contribution in [0.15, 0.2) is 52.7 Å². The Balaban J connectivity index is 2.29. The first-order chi connectivity index (χ1) is 13.4. The molecule has 0 fully saturated rings. The Kier molecular flexibility index (Phi) is 6.74. The van der Waals surface area contributed by atoms with Crippen molar-refractivity contribution in [2.75, 3.05) is 19.5 Å². The molecule has 10 heteroatoms. The minimum Gasteiger partial charge on any atom is -0.496 e. The number of hydrogen-bond donors (Lipinski definition) is 1. The lowest BCUT2D eigenvalue weighted by molar-refractivity contribution is -0.384. The number of ketones is 1. The van der Waals surface area contributed by atoms with Gasteiger partial charge in [-0.3, -0.25) is 19.7 Å². The van der Waals surface area contributed by atoms with E-state index < -0.39 is 22.7 Å². The van der Waals surface area contributed by atoms with E-state index in [0.717, 1.165) is 0 Å². The number of nitrogens with zero attached hydrogens (tertiary/aromatic N) is 3. The number of nitro groups is 1. The Labute approximate surface area is 160 Å². The molecule has 1 N–H and O–H groups in total. The van der Waals surface area contributed by atoms with Crippen molar-refractivity contribution in [1.29, 1.82) is 0 Å². The van der Waals surface area contributed by atoms with Gasteiger partial charge in [0.1, 0.15) is 11.5 Å². The van der Waals surface area contributed by atoms with Crippen molar-refractivity contribution in [1.82, 2.24) is 0 Å². The molecule has 1 atom stereocenters. The highest BCUT2D eigenvalue weighted by Crippen LogP contribution is 2.32. The second-order valence-electron chi connectivity index (χ2n) is 5.53. The van der Waals surface area contributed by atoms with Crippen LogP contribution in [0.3, 0.4) is 0 Å². The number of amides is 1. The average molecular weight is 386 g/mol. The molecule has 0 saturated carbocycles. The van der Waals surface area contributed by atoms with Crippen LogP contribution in [-0.4, -0.2) is 36.9 Å². The summed E-state index contributed by atoms with van der Waals surface area (Å²) in [6.45, 7) is 1.17. The highest BCUT2D eigenvalue weighted by Gasteiger charge is 2.25. The number of carbonyl (C=O) groups is 2. The second kappa shape index (κ2) is 9.21. The van der Waals surface area contributed by atoms with Gasteiger partial charge in [-0.2, -0.15) is 5.11 Å². The first-order valence-corrected chi connectivity index (χ1v) is 8.05. The summed E-state index contributed by atoms with van der Waals surface area (Å²) in [5.41, 5.74) is -0.121. The number of ether oxygens (including phenoxy) is 2. The van der Waals surface area contributed by atoms with Crippen molar-refractivity contribution >= 4 is 28.8 Å². The third-order valence-corrected chi connectivity index (χ3v) is 3.66. The Bertz CT molecular complexity index is 928. The fourth-order valence-corrected chi connectivity index (χ4v) is 2.25. The zero-order valence-electron chi connectivity index (χ0n) is 15.4. The SMILES string of the molecule is COc1ccc(N=N[C@H](C(C)=O)C(=O)Nc2ccccc2OC)c([N+](=O)[O-])c1. The number of nitrogens with one attached hydrogen (secondary N) is 1.